The van der Waals surface area contributed by atoms with Crippen LogP contribution in [0, 0.1) is 0 Å². The summed E-state index contributed by atoms with van der Waals surface area (Å²) >= 11 is 1.77. The minimum Gasteiger partial charge on any atom is -0.493 e. The summed E-state index contributed by atoms with van der Waals surface area (Å²) in [4.78, 5) is 5.44. The van der Waals surface area contributed by atoms with Crippen LogP contribution in [0.4, 0.5) is 0 Å². The van der Waals surface area contributed by atoms with Crippen molar-refractivity contribution in [1.29, 1.82) is 0 Å². The first-order chi connectivity index (χ1) is 12.3. The molecule has 0 saturated carbocycles. The maximum atomic E-state index is 5.94. The molecule has 130 valence electrons. The Hall–Kier alpha value is -2.37. The minimum atomic E-state index is 0.321. The van der Waals surface area contributed by atoms with Crippen molar-refractivity contribution >= 4 is 11.3 Å². The van der Waals surface area contributed by atoms with E-state index in [9.17, 15) is 0 Å². The molecule has 0 bridgehead atoms. The number of pyridine rings is 1. The van der Waals surface area contributed by atoms with Gasteiger partial charge >= 0.3 is 0 Å². The van der Waals surface area contributed by atoms with Gasteiger partial charge in [0.25, 0.3) is 0 Å². The molecular weight excluding hydrogens is 332 g/mol. The smallest absolute Gasteiger partial charge is 0.161 e. The summed E-state index contributed by atoms with van der Waals surface area (Å²) in [6.07, 6.45) is 3.56. The van der Waals surface area contributed by atoms with Crippen molar-refractivity contribution in [2.45, 2.75) is 26.1 Å². The summed E-state index contributed by atoms with van der Waals surface area (Å²) < 4.78 is 11.4. The molecule has 0 saturated heterocycles. The highest BCUT2D eigenvalue weighted by atomic mass is 32.1. The maximum Gasteiger partial charge on any atom is 0.161 e. The van der Waals surface area contributed by atoms with Gasteiger partial charge in [0.1, 0.15) is 6.61 Å². The summed E-state index contributed by atoms with van der Waals surface area (Å²) in [7, 11) is 1.66. The number of aromatic nitrogens is 1. The van der Waals surface area contributed by atoms with E-state index in [1.807, 2.05) is 24.3 Å². The topological polar surface area (TPSA) is 43.4 Å². The first-order valence-electron chi connectivity index (χ1n) is 8.21. The normalized spacial score (nSPS) is 11.9. The van der Waals surface area contributed by atoms with Crippen LogP contribution in [0.1, 0.15) is 29.0 Å². The number of hydrogen-bond acceptors (Lipinski definition) is 5. The Balaban J connectivity index is 1.64. The lowest BCUT2D eigenvalue weighted by Crippen LogP contribution is -2.17. The molecule has 25 heavy (non-hydrogen) atoms. The maximum absolute atomic E-state index is 5.94. The van der Waals surface area contributed by atoms with Crippen molar-refractivity contribution in [1.82, 2.24) is 10.3 Å². The average molecular weight is 354 g/mol. The fourth-order valence-corrected chi connectivity index (χ4v) is 3.26. The molecular formula is C20H22N2O2S. The molecule has 0 spiro atoms. The van der Waals surface area contributed by atoms with Crippen molar-refractivity contribution < 1.29 is 9.47 Å². The number of nitrogens with one attached hydrogen (secondary N) is 1. The Morgan fingerprint density at radius 3 is 2.76 bits per heavy atom. The highest BCUT2D eigenvalue weighted by molar-refractivity contribution is 7.10. The highest BCUT2D eigenvalue weighted by Gasteiger charge is 2.09. The third-order valence-corrected chi connectivity index (χ3v) is 4.98. The molecule has 3 aromatic rings. The zero-order chi connectivity index (χ0) is 17.5. The lowest BCUT2D eigenvalue weighted by Gasteiger charge is -2.15. The number of rotatable bonds is 8. The quantitative estimate of drug-likeness (QED) is 0.643. The number of methoxy groups -OCH3 is 1. The van der Waals surface area contributed by atoms with Gasteiger partial charge < -0.3 is 14.8 Å². The van der Waals surface area contributed by atoms with Gasteiger partial charge in [0.2, 0.25) is 0 Å². The average Bonchev–Trinajstić information content (AvgIpc) is 3.20. The van der Waals surface area contributed by atoms with Crippen LogP contribution in [0.15, 0.2) is 60.2 Å². The number of benzene rings is 1. The molecule has 2 heterocycles. The van der Waals surface area contributed by atoms with E-state index in [1.165, 1.54) is 4.88 Å². The molecule has 0 radical (unpaired) electrons. The van der Waals surface area contributed by atoms with E-state index in [1.54, 1.807) is 30.8 Å². The number of thiophene rings is 1. The van der Waals surface area contributed by atoms with Gasteiger partial charge in [0.05, 0.1) is 7.11 Å². The Kier molecular flexibility index (Phi) is 6.04. The van der Waals surface area contributed by atoms with E-state index in [-0.39, 0.29) is 0 Å². The summed E-state index contributed by atoms with van der Waals surface area (Å²) in [5, 5.41) is 5.65. The molecule has 0 aliphatic rings. The molecule has 1 unspecified atom stereocenters. The van der Waals surface area contributed by atoms with E-state index in [0.717, 1.165) is 29.2 Å². The Bertz CT molecular complexity index is 776. The van der Waals surface area contributed by atoms with Crippen molar-refractivity contribution in [3.05, 3.63) is 76.2 Å². The molecule has 4 nitrogen and oxygen atoms in total. The fraction of sp³-hybridized carbons (Fsp3) is 0.250. The first kappa shape index (κ1) is 17.5. The van der Waals surface area contributed by atoms with Gasteiger partial charge in [0.15, 0.2) is 11.5 Å². The lowest BCUT2D eigenvalue weighted by molar-refractivity contribution is 0.283. The fourth-order valence-electron chi connectivity index (χ4n) is 2.50. The second-order valence-electron chi connectivity index (χ2n) is 5.75. The number of ether oxygens (including phenoxy) is 2. The van der Waals surface area contributed by atoms with Crippen molar-refractivity contribution in [3.8, 4) is 11.5 Å². The van der Waals surface area contributed by atoms with Crippen LogP contribution in [0.2, 0.25) is 0 Å². The van der Waals surface area contributed by atoms with Gasteiger partial charge in [-0.05, 0) is 42.1 Å². The van der Waals surface area contributed by atoms with E-state index in [4.69, 9.17) is 9.47 Å². The number of nitrogens with zero attached hydrogens (tertiary/aromatic N) is 1. The van der Waals surface area contributed by atoms with E-state index >= 15 is 0 Å². The summed E-state index contributed by atoms with van der Waals surface area (Å²) in [5.41, 5.74) is 2.18. The second kappa shape index (κ2) is 8.65. The molecule has 5 heteroatoms. The van der Waals surface area contributed by atoms with Crippen LogP contribution in [0.3, 0.4) is 0 Å². The molecule has 1 atom stereocenters. The standard InChI is InChI=1S/C20H22N2O2S/c1-15(20-6-4-10-25-20)22-13-16-7-8-18(23-2)19(11-16)24-14-17-5-3-9-21-12-17/h3-12,15,22H,13-14H2,1-2H3. The largest absolute Gasteiger partial charge is 0.493 e. The third-order valence-electron chi connectivity index (χ3n) is 3.93. The van der Waals surface area contributed by atoms with Gasteiger partial charge in [-0.25, -0.2) is 0 Å². The van der Waals surface area contributed by atoms with Gasteiger partial charge in [-0.2, -0.15) is 0 Å². The Morgan fingerprint density at radius 1 is 1.12 bits per heavy atom. The zero-order valence-corrected chi connectivity index (χ0v) is 15.3. The predicted octanol–water partition coefficient (Wildman–Crippen LogP) is 4.58. The van der Waals surface area contributed by atoms with Crippen LogP contribution in [-0.4, -0.2) is 12.1 Å². The van der Waals surface area contributed by atoms with Gasteiger partial charge in [-0.15, -0.1) is 11.3 Å². The lowest BCUT2D eigenvalue weighted by atomic mass is 10.2. The molecule has 1 aromatic carbocycles. The molecule has 0 aliphatic carbocycles. The van der Waals surface area contributed by atoms with Gasteiger partial charge in [-0.1, -0.05) is 18.2 Å². The Morgan fingerprint density at radius 2 is 2.04 bits per heavy atom. The monoisotopic (exact) mass is 354 g/mol. The summed E-state index contributed by atoms with van der Waals surface area (Å²) in [6.45, 7) is 3.41. The summed E-state index contributed by atoms with van der Waals surface area (Å²) in [5.74, 6) is 1.48. The van der Waals surface area contributed by atoms with Crippen molar-refractivity contribution in [3.63, 3.8) is 0 Å². The van der Waals surface area contributed by atoms with Gasteiger partial charge in [-0.3, -0.25) is 4.98 Å². The van der Waals surface area contributed by atoms with Crippen LogP contribution < -0.4 is 14.8 Å². The van der Waals surface area contributed by atoms with Crippen molar-refractivity contribution in [2.24, 2.45) is 0 Å². The Labute approximate surface area is 152 Å². The van der Waals surface area contributed by atoms with Gasteiger partial charge in [0, 0.05) is 35.4 Å². The minimum absolute atomic E-state index is 0.321. The van der Waals surface area contributed by atoms with Crippen LogP contribution >= 0.6 is 11.3 Å². The van der Waals surface area contributed by atoms with Crippen LogP contribution in [0.25, 0.3) is 0 Å². The molecule has 0 amide bonds. The molecule has 1 N–H and O–H groups in total. The van der Waals surface area contributed by atoms with E-state index in [2.05, 4.69) is 40.8 Å². The van der Waals surface area contributed by atoms with Crippen LogP contribution in [0.5, 0.6) is 11.5 Å². The molecule has 2 aromatic heterocycles. The zero-order valence-electron chi connectivity index (χ0n) is 14.4. The first-order valence-corrected chi connectivity index (χ1v) is 9.09. The highest BCUT2D eigenvalue weighted by Crippen LogP contribution is 2.29. The van der Waals surface area contributed by atoms with Crippen LogP contribution in [-0.2, 0) is 13.2 Å². The molecule has 0 aliphatic heterocycles. The molecule has 3 rings (SSSR count). The molecule has 0 fully saturated rings. The number of hydrogen-bond donors (Lipinski definition) is 1. The summed E-state index contributed by atoms with van der Waals surface area (Å²) in [6, 6.07) is 14.5. The SMILES string of the molecule is COc1ccc(CNC(C)c2cccs2)cc1OCc1cccnc1. The predicted molar refractivity (Wildman–Crippen MR) is 101 cm³/mol. The van der Waals surface area contributed by atoms with E-state index < -0.39 is 0 Å². The second-order valence-corrected chi connectivity index (χ2v) is 6.73. The van der Waals surface area contributed by atoms with E-state index in [0.29, 0.717) is 12.6 Å². The third kappa shape index (κ3) is 4.81. The van der Waals surface area contributed by atoms with Crippen molar-refractivity contribution in [2.75, 3.05) is 7.11 Å².